The Balaban J connectivity index is 1.68. The van der Waals surface area contributed by atoms with E-state index in [0.29, 0.717) is 17.9 Å². The fraction of sp³-hybridized carbons (Fsp3) is 0.412. The Labute approximate surface area is 135 Å². The number of nitrogens with one attached hydrogen (secondary N) is 1. The Morgan fingerprint density at radius 1 is 1.17 bits per heavy atom. The molecule has 0 spiro atoms. The summed E-state index contributed by atoms with van der Waals surface area (Å²) in [6.07, 6.45) is 2.73. The molecule has 1 saturated carbocycles. The molecular formula is C17H18N2O3S. The van der Waals surface area contributed by atoms with Crippen molar-refractivity contribution in [3.05, 3.63) is 41.6 Å². The monoisotopic (exact) mass is 330 g/mol. The first-order valence-corrected chi connectivity index (χ1v) is 9.75. The van der Waals surface area contributed by atoms with Crippen molar-refractivity contribution in [2.75, 3.05) is 11.5 Å². The average Bonchev–Trinajstić information content (AvgIpc) is 3.31. The van der Waals surface area contributed by atoms with Crippen molar-refractivity contribution in [1.29, 1.82) is 0 Å². The van der Waals surface area contributed by atoms with Crippen molar-refractivity contribution in [1.82, 2.24) is 10.3 Å². The summed E-state index contributed by atoms with van der Waals surface area (Å²) >= 11 is 0. The Bertz CT molecular complexity index is 888. The summed E-state index contributed by atoms with van der Waals surface area (Å²) in [7, 11) is -3.00. The molecule has 1 saturated heterocycles. The summed E-state index contributed by atoms with van der Waals surface area (Å²) in [4.78, 5) is 17.3. The zero-order chi connectivity index (χ0) is 16.0. The molecule has 23 heavy (non-hydrogen) atoms. The minimum Gasteiger partial charge on any atom is -0.348 e. The number of hydrogen-bond acceptors (Lipinski definition) is 4. The molecule has 2 aliphatic rings. The molecule has 5 nitrogen and oxygen atoms in total. The van der Waals surface area contributed by atoms with Gasteiger partial charge in [0.25, 0.3) is 5.91 Å². The van der Waals surface area contributed by atoms with Gasteiger partial charge in [-0.1, -0.05) is 18.2 Å². The maximum Gasteiger partial charge on any atom is 0.252 e. The molecule has 2 fully saturated rings. The van der Waals surface area contributed by atoms with E-state index in [1.165, 1.54) is 0 Å². The second-order valence-electron chi connectivity index (χ2n) is 6.46. The normalized spacial score (nSPS) is 23.0. The van der Waals surface area contributed by atoms with Gasteiger partial charge in [-0.05, 0) is 31.4 Å². The molecule has 1 atom stereocenters. The molecule has 0 unspecified atom stereocenters. The molecule has 2 heterocycles. The molecule has 1 aromatic carbocycles. The van der Waals surface area contributed by atoms with Crippen LogP contribution in [0.2, 0.25) is 0 Å². The molecule has 0 radical (unpaired) electrons. The summed E-state index contributed by atoms with van der Waals surface area (Å²) in [5, 5.41) is 3.70. The predicted octanol–water partition coefficient (Wildman–Crippen LogP) is 2.03. The predicted molar refractivity (Wildman–Crippen MR) is 88.2 cm³/mol. The molecule has 1 N–H and O–H groups in total. The van der Waals surface area contributed by atoms with Crippen molar-refractivity contribution in [3.8, 4) is 0 Å². The van der Waals surface area contributed by atoms with E-state index < -0.39 is 9.84 Å². The third-order valence-corrected chi connectivity index (χ3v) is 6.31. The molecular weight excluding hydrogens is 312 g/mol. The Morgan fingerprint density at radius 3 is 2.65 bits per heavy atom. The third-order valence-electron chi connectivity index (χ3n) is 4.54. The lowest BCUT2D eigenvalue weighted by Gasteiger charge is -2.13. The zero-order valence-electron chi connectivity index (χ0n) is 12.7. The molecule has 1 aliphatic heterocycles. The number of amides is 1. The molecule has 1 amide bonds. The number of carbonyl (C=O) groups is 1. The summed E-state index contributed by atoms with van der Waals surface area (Å²) < 4.78 is 23.1. The molecule has 1 aromatic heterocycles. The molecule has 120 valence electrons. The number of para-hydroxylation sites is 1. The number of benzene rings is 1. The van der Waals surface area contributed by atoms with Gasteiger partial charge < -0.3 is 5.32 Å². The number of aromatic nitrogens is 1. The first kappa shape index (κ1) is 14.6. The van der Waals surface area contributed by atoms with Gasteiger partial charge in [0, 0.05) is 23.0 Å². The summed E-state index contributed by atoms with van der Waals surface area (Å²) in [6.45, 7) is 0. The van der Waals surface area contributed by atoms with Gasteiger partial charge in [-0.3, -0.25) is 9.78 Å². The van der Waals surface area contributed by atoms with Crippen LogP contribution < -0.4 is 5.32 Å². The number of carbonyl (C=O) groups excluding carboxylic acids is 1. The van der Waals surface area contributed by atoms with Crippen LogP contribution in [-0.4, -0.2) is 36.9 Å². The van der Waals surface area contributed by atoms with Crippen LogP contribution in [0, 0.1) is 0 Å². The van der Waals surface area contributed by atoms with Crippen LogP contribution in [0.4, 0.5) is 0 Å². The molecule has 2 aromatic rings. The van der Waals surface area contributed by atoms with Crippen LogP contribution in [0.3, 0.4) is 0 Å². The van der Waals surface area contributed by atoms with E-state index in [0.717, 1.165) is 29.4 Å². The van der Waals surface area contributed by atoms with Gasteiger partial charge in [0.1, 0.15) is 0 Å². The number of nitrogens with zero attached hydrogens (tertiary/aromatic N) is 1. The lowest BCUT2D eigenvalue weighted by atomic mass is 10.0. The molecule has 0 bridgehead atoms. The highest BCUT2D eigenvalue weighted by atomic mass is 32.2. The van der Waals surface area contributed by atoms with Gasteiger partial charge in [0.15, 0.2) is 9.84 Å². The standard InChI is InChI=1S/C17H18N2O3S/c20-17(18-12-7-8-23(21,22)10-12)14-9-16(11-5-6-11)19-15-4-2-1-3-13(14)15/h1-4,9,11-12H,5-8,10H2,(H,18,20)/t12-/m1/s1. The van der Waals surface area contributed by atoms with E-state index in [1.807, 2.05) is 30.3 Å². The summed E-state index contributed by atoms with van der Waals surface area (Å²) in [5.41, 5.74) is 2.38. The van der Waals surface area contributed by atoms with Gasteiger partial charge in [-0.25, -0.2) is 8.42 Å². The SMILES string of the molecule is O=C(N[C@@H]1CCS(=O)(=O)C1)c1cc(C2CC2)nc2ccccc12. The quantitative estimate of drug-likeness (QED) is 0.934. The number of fused-ring (bicyclic) bond motifs is 1. The number of rotatable bonds is 3. The van der Waals surface area contributed by atoms with E-state index >= 15 is 0 Å². The van der Waals surface area contributed by atoms with Crippen LogP contribution in [0.1, 0.15) is 41.2 Å². The Hall–Kier alpha value is -1.95. The number of hydrogen-bond donors (Lipinski definition) is 1. The van der Waals surface area contributed by atoms with E-state index in [4.69, 9.17) is 0 Å². The van der Waals surface area contributed by atoms with Crippen molar-refractivity contribution < 1.29 is 13.2 Å². The van der Waals surface area contributed by atoms with Crippen molar-refractivity contribution >= 4 is 26.6 Å². The highest BCUT2D eigenvalue weighted by Crippen LogP contribution is 2.40. The van der Waals surface area contributed by atoms with E-state index in [2.05, 4.69) is 10.3 Å². The first-order valence-electron chi connectivity index (χ1n) is 7.93. The lowest BCUT2D eigenvalue weighted by Crippen LogP contribution is -2.35. The fourth-order valence-electron chi connectivity index (χ4n) is 3.14. The van der Waals surface area contributed by atoms with E-state index in [9.17, 15) is 13.2 Å². The van der Waals surface area contributed by atoms with Crippen LogP contribution >= 0.6 is 0 Å². The Morgan fingerprint density at radius 2 is 1.96 bits per heavy atom. The smallest absolute Gasteiger partial charge is 0.252 e. The van der Waals surface area contributed by atoms with Crippen LogP contribution in [0.5, 0.6) is 0 Å². The number of sulfone groups is 1. The van der Waals surface area contributed by atoms with Gasteiger partial charge in [-0.2, -0.15) is 0 Å². The summed E-state index contributed by atoms with van der Waals surface area (Å²) in [6, 6.07) is 9.19. The van der Waals surface area contributed by atoms with Gasteiger partial charge in [-0.15, -0.1) is 0 Å². The van der Waals surface area contributed by atoms with Crippen LogP contribution in [0.15, 0.2) is 30.3 Å². The molecule has 4 rings (SSSR count). The van der Waals surface area contributed by atoms with E-state index in [-0.39, 0.29) is 23.5 Å². The van der Waals surface area contributed by atoms with Gasteiger partial charge in [0.2, 0.25) is 0 Å². The zero-order valence-corrected chi connectivity index (χ0v) is 13.5. The second-order valence-corrected chi connectivity index (χ2v) is 8.69. The van der Waals surface area contributed by atoms with Gasteiger partial charge >= 0.3 is 0 Å². The second kappa shape index (κ2) is 5.30. The highest BCUT2D eigenvalue weighted by molar-refractivity contribution is 7.91. The minimum atomic E-state index is -3.00. The van der Waals surface area contributed by atoms with Crippen LogP contribution in [0.25, 0.3) is 10.9 Å². The number of pyridine rings is 1. The average molecular weight is 330 g/mol. The third kappa shape index (κ3) is 2.95. The largest absolute Gasteiger partial charge is 0.348 e. The Kier molecular flexibility index (Phi) is 3.37. The van der Waals surface area contributed by atoms with Gasteiger partial charge in [0.05, 0.1) is 22.6 Å². The van der Waals surface area contributed by atoms with Crippen molar-refractivity contribution in [3.63, 3.8) is 0 Å². The maximum atomic E-state index is 12.7. The van der Waals surface area contributed by atoms with Crippen LogP contribution in [-0.2, 0) is 9.84 Å². The van der Waals surface area contributed by atoms with E-state index in [1.54, 1.807) is 0 Å². The van der Waals surface area contributed by atoms with Crippen molar-refractivity contribution in [2.24, 2.45) is 0 Å². The first-order chi connectivity index (χ1) is 11.0. The lowest BCUT2D eigenvalue weighted by molar-refractivity contribution is 0.0942. The van der Waals surface area contributed by atoms with Crippen molar-refractivity contribution in [2.45, 2.75) is 31.2 Å². The minimum absolute atomic E-state index is 0.0389. The maximum absolute atomic E-state index is 12.7. The highest BCUT2D eigenvalue weighted by Gasteiger charge is 2.30. The topological polar surface area (TPSA) is 76.1 Å². The summed E-state index contributed by atoms with van der Waals surface area (Å²) in [5.74, 6) is 0.449. The molecule has 1 aliphatic carbocycles. The molecule has 6 heteroatoms. The fourth-order valence-corrected chi connectivity index (χ4v) is 4.82.